The van der Waals surface area contributed by atoms with Crippen LogP contribution in [0.5, 0.6) is 5.75 Å². The molecular formula is C21H25FN2O2. The van der Waals surface area contributed by atoms with Gasteiger partial charge < -0.3 is 15.0 Å². The van der Waals surface area contributed by atoms with E-state index in [9.17, 15) is 9.18 Å². The molecule has 0 spiro atoms. The topological polar surface area (TPSA) is 41.6 Å². The van der Waals surface area contributed by atoms with E-state index in [4.69, 9.17) is 4.74 Å². The molecule has 26 heavy (non-hydrogen) atoms. The summed E-state index contributed by atoms with van der Waals surface area (Å²) in [7, 11) is 0. The van der Waals surface area contributed by atoms with E-state index in [1.807, 2.05) is 31.2 Å². The Morgan fingerprint density at radius 3 is 2.81 bits per heavy atom. The van der Waals surface area contributed by atoms with Crippen molar-refractivity contribution in [3.05, 3.63) is 59.9 Å². The van der Waals surface area contributed by atoms with E-state index in [2.05, 4.69) is 10.2 Å². The van der Waals surface area contributed by atoms with Crippen LogP contribution in [0.1, 0.15) is 18.9 Å². The summed E-state index contributed by atoms with van der Waals surface area (Å²) in [6.45, 7) is 6.15. The Morgan fingerprint density at radius 1 is 1.31 bits per heavy atom. The van der Waals surface area contributed by atoms with Gasteiger partial charge >= 0.3 is 0 Å². The summed E-state index contributed by atoms with van der Waals surface area (Å²) in [5.41, 5.74) is 2.12. The van der Waals surface area contributed by atoms with Crippen molar-refractivity contribution < 1.29 is 13.9 Å². The molecule has 2 unspecified atom stereocenters. The zero-order valence-electron chi connectivity index (χ0n) is 15.2. The first-order valence-corrected chi connectivity index (χ1v) is 9.03. The second-order valence-corrected chi connectivity index (χ2v) is 6.90. The third-order valence-electron chi connectivity index (χ3n) is 4.71. The number of carbonyl (C=O) groups excluding carboxylic acids is 1. The van der Waals surface area contributed by atoms with Gasteiger partial charge in [-0.05, 0) is 68.1 Å². The second-order valence-electron chi connectivity index (χ2n) is 6.90. The molecule has 1 heterocycles. The van der Waals surface area contributed by atoms with Gasteiger partial charge in [-0.2, -0.15) is 0 Å². The molecule has 0 aliphatic carbocycles. The molecule has 3 rings (SSSR count). The third-order valence-corrected chi connectivity index (χ3v) is 4.71. The zero-order chi connectivity index (χ0) is 18.5. The number of nitrogens with one attached hydrogen (secondary N) is 1. The highest BCUT2D eigenvalue weighted by atomic mass is 19.1. The predicted molar refractivity (Wildman–Crippen MR) is 101 cm³/mol. The fourth-order valence-corrected chi connectivity index (χ4v) is 3.22. The van der Waals surface area contributed by atoms with Gasteiger partial charge in [0, 0.05) is 25.3 Å². The quantitative estimate of drug-likeness (QED) is 0.861. The molecule has 2 aromatic carbocycles. The van der Waals surface area contributed by atoms with E-state index in [0.717, 1.165) is 30.8 Å². The third kappa shape index (κ3) is 4.75. The maximum absolute atomic E-state index is 13.0. The van der Waals surface area contributed by atoms with Gasteiger partial charge in [-0.15, -0.1) is 0 Å². The first kappa shape index (κ1) is 18.2. The van der Waals surface area contributed by atoms with Gasteiger partial charge in [0.15, 0.2) is 6.10 Å². The highest BCUT2D eigenvalue weighted by Crippen LogP contribution is 2.23. The number of aryl methyl sites for hydroxylation is 1. The predicted octanol–water partition coefficient (Wildman–Crippen LogP) is 3.54. The molecule has 2 atom stereocenters. The van der Waals surface area contributed by atoms with Crippen molar-refractivity contribution >= 4 is 11.6 Å². The van der Waals surface area contributed by atoms with Gasteiger partial charge in [-0.25, -0.2) is 4.39 Å². The molecule has 0 aromatic heterocycles. The minimum absolute atomic E-state index is 0.105. The molecule has 4 nitrogen and oxygen atoms in total. The highest BCUT2D eigenvalue weighted by Gasteiger charge is 2.24. The monoisotopic (exact) mass is 356 g/mol. The van der Waals surface area contributed by atoms with Crippen molar-refractivity contribution in [2.45, 2.75) is 26.4 Å². The molecule has 1 fully saturated rings. The minimum Gasteiger partial charge on any atom is -0.481 e. The molecule has 2 aromatic rings. The molecule has 1 amide bonds. The summed E-state index contributed by atoms with van der Waals surface area (Å²) >= 11 is 0. The van der Waals surface area contributed by atoms with Crippen LogP contribution in [-0.4, -0.2) is 31.6 Å². The normalized spacial score (nSPS) is 17.8. The highest BCUT2D eigenvalue weighted by molar-refractivity contribution is 5.80. The van der Waals surface area contributed by atoms with Crippen molar-refractivity contribution in [3.8, 4) is 5.75 Å². The lowest BCUT2D eigenvalue weighted by Gasteiger charge is -2.19. The average molecular weight is 356 g/mol. The number of halogens is 1. The molecule has 1 aliphatic rings. The first-order valence-electron chi connectivity index (χ1n) is 9.03. The lowest BCUT2D eigenvalue weighted by molar-refractivity contribution is -0.127. The van der Waals surface area contributed by atoms with Crippen LogP contribution in [0.25, 0.3) is 0 Å². The molecule has 0 bridgehead atoms. The zero-order valence-corrected chi connectivity index (χ0v) is 15.2. The van der Waals surface area contributed by atoms with Crippen LogP contribution >= 0.6 is 0 Å². The Kier molecular flexibility index (Phi) is 5.76. The summed E-state index contributed by atoms with van der Waals surface area (Å²) in [5, 5.41) is 2.99. The van der Waals surface area contributed by atoms with Crippen molar-refractivity contribution in [1.29, 1.82) is 0 Å². The Labute approximate surface area is 154 Å². The number of benzene rings is 2. The van der Waals surface area contributed by atoms with Gasteiger partial charge in [0.25, 0.3) is 5.91 Å². The molecule has 0 radical (unpaired) electrons. The van der Waals surface area contributed by atoms with Gasteiger partial charge in [0.2, 0.25) is 0 Å². The molecule has 1 saturated heterocycles. The number of amides is 1. The molecule has 138 valence electrons. The van der Waals surface area contributed by atoms with Crippen molar-refractivity contribution in [2.75, 3.05) is 24.5 Å². The molecular weight excluding hydrogens is 331 g/mol. The van der Waals surface area contributed by atoms with Crippen LogP contribution in [0.2, 0.25) is 0 Å². The van der Waals surface area contributed by atoms with Crippen LogP contribution in [0, 0.1) is 18.7 Å². The molecule has 0 saturated carbocycles. The van der Waals surface area contributed by atoms with Gasteiger partial charge in [-0.3, -0.25) is 4.79 Å². The van der Waals surface area contributed by atoms with E-state index in [0.29, 0.717) is 18.2 Å². The van der Waals surface area contributed by atoms with Crippen LogP contribution in [0.4, 0.5) is 10.1 Å². The summed E-state index contributed by atoms with van der Waals surface area (Å²) < 4.78 is 18.8. The smallest absolute Gasteiger partial charge is 0.260 e. The lowest BCUT2D eigenvalue weighted by Crippen LogP contribution is -2.39. The Hall–Kier alpha value is -2.56. The van der Waals surface area contributed by atoms with Crippen molar-refractivity contribution in [2.24, 2.45) is 5.92 Å². The second kappa shape index (κ2) is 8.21. The summed E-state index contributed by atoms with van der Waals surface area (Å²) in [6, 6.07) is 14.2. The molecule has 5 heteroatoms. The Morgan fingerprint density at radius 2 is 2.08 bits per heavy atom. The average Bonchev–Trinajstić information content (AvgIpc) is 3.09. The number of hydrogen-bond donors (Lipinski definition) is 1. The largest absolute Gasteiger partial charge is 0.481 e. The number of ether oxygens (including phenoxy) is 1. The van der Waals surface area contributed by atoms with E-state index in [-0.39, 0.29) is 11.7 Å². The van der Waals surface area contributed by atoms with E-state index in [1.54, 1.807) is 19.1 Å². The fraction of sp³-hybridized carbons (Fsp3) is 0.381. The number of carbonyl (C=O) groups is 1. The Bertz CT molecular complexity index is 748. The number of rotatable bonds is 6. The number of anilines is 1. The first-order chi connectivity index (χ1) is 12.5. The van der Waals surface area contributed by atoms with E-state index >= 15 is 0 Å². The summed E-state index contributed by atoms with van der Waals surface area (Å²) in [5.74, 6) is 0.761. The van der Waals surface area contributed by atoms with Gasteiger partial charge in [-0.1, -0.05) is 12.1 Å². The van der Waals surface area contributed by atoms with Crippen LogP contribution in [0.15, 0.2) is 48.5 Å². The van der Waals surface area contributed by atoms with Crippen LogP contribution in [-0.2, 0) is 4.79 Å². The van der Waals surface area contributed by atoms with Gasteiger partial charge in [0.05, 0.1) is 0 Å². The van der Waals surface area contributed by atoms with Crippen LogP contribution < -0.4 is 15.0 Å². The maximum Gasteiger partial charge on any atom is 0.260 e. The fourth-order valence-electron chi connectivity index (χ4n) is 3.22. The summed E-state index contributed by atoms with van der Waals surface area (Å²) in [6.07, 6.45) is 0.469. The van der Waals surface area contributed by atoms with Gasteiger partial charge in [0.1, 0.15) is 11.6 Å². The summed E-state index contributed by atoms with van der Waals surface area (Å²) in [4.78, 5) is 14.5. The van der Waals surface area contributed by atoms with Crippen LogP contribution in [0.3, 0.4) is 0 Å². The number of nitrogens with zero attached hydrogens (tertiary/aromatic N) is 1. The van der Waals surface area contributed by atoms with E-state index < -0.39 is 6.10 Å². The lowest BCUT2D eigenvalue weighted by atomic mass is 10.1. The number of hydrogen-bond acceptors (Lipinski definition) is 3. The van der Waals surface area contributed by atoms with Crippen molar-refractivity contribution in [1.82, 2.24) is 5.32 Å². The van der Waals surface area contributed by atoms with Crippen molar-refractivity contribution in [3.63, 3.8) is 0 Å². The standard InChI is InChI=1S/C21H25FN2O2/c1-15-4-3-5-20(12-15)26-16(2)21(25)23-13-17-10-11-24(14-17)19-8-6-18(22)7-9-19/h3-9,12,16-17H,10-11,13-14H2,1-2H3,(H,23,25). The van der Waals surface area contributed by atoms with E-state index in [1.165, 1.54) is 12.1 Å². The maximum atomic E-state index is 13.0. The minimum atomic E-state index is -0.536. The molecule has 1 aliphatic heterocycles. The Balaban J connectivity index is 1.45. The molecule has 1 N–H and O–H groups in total. The SMILES string of the molecule is Cc1cccc(OC(C)C(=O)NCC2CCN(c3ccc(F)cc3)C2)c1.